The van der Waals surface area contributed by atoms with Crippen molar-refractivity contribution in [1.29, 1.82) is 5.26 Å². The Morgan fingerprint density at radius 1 is 1.33 bits per heavy atom. The summed E-state index contributed by atoms with van der Waals surface area (Å²) in [6, 6.07) is 2.54. The van der Waals surface area contributed by atoms with Gasteiger partial charge in [-0.05, 0) is 30.6 Å². The molecule has 0 aromatic rings. The van der Waals surface area contributed by atoms with Gasteiger partial charge in [-0.15, -0.1) is 0 Å². The summed E-state index contributed by atoms with van der Waals surface area (Å²) in [5, 5.41) is 9.43. The van der Waals surface area contributed by atoms with Crippen LogP contribution in [0.2, 0.25) is 0 Å². The number of ketones is 1. The van der Waals surface area contributed by atoms with E-state index in [0.717, 1.165) is 25.7 Å². The van der Waals surface area contributed by atoms with Gasteiger partial charge in [0.1, 0.15) is 5.78 Å². The lowest BCUT2D eigenvalue weighted by Crippen LogP contribution is -2.47. The van der Waals surface area contributed by atoms with Gasteiger partial charge in [0, 0.05) is 12.8 Å². The zero-order valence-electron chi connectivity index (χ0n) is 9.68. The molecule has 2 saturated carbocycles. The molecule has 2 rings (SSSR count). The van der Waals surface area contributed by atoms with Crippen LogP contribution < -0.4 is 0 Å². The third-order valence-electron chi connectivity index (χ3n) is 4.56. The monoisotopic (exact) mass is 205 g/mol. The lowest BCUT2D eigenvalue weighted by molar-refractivity contribution is -0.128. The van der Waals surface area contributed by atoms with Crippen LogP contribution in [0.25, 0.3) is 0 Å². The third kappa shape index (κ3) is 1.58. The van der Waals surface area contributed by atoms with Crippen molar-refractivity contribution >= 4 is 5.78 Å². The lowest BCUT2D eigenvalue weighted by atomic mass is 9.51. The first-order valence-electron chi connectivity index (χ1n) is 5.93. The second kappa shape index (κ2) is 3.33. The SMILES string of the molecule is CC1(C)CCC[C@]2(C#N)CCC(=O)C[C@@H]12. The van der Waals surface area contributed by atoms with Gasteiger partial charge in [0.25, 0.3) is 0 Å². The van der Waals surface area contributed by atoms with Crippen LogP contribution in [0.5, 0.6) is 0 Å². The molecule has 15 heavy (non-hydrogen) atoms. The van der Waals surface area contributed by atoms with Gasteiger partial charge in [0.15, 0.2) is 0 Å². The fourth-order valence-electron chi connectivity index (χ4n) is 3.61. The van der Waals surface area contributed by atoms with Crippen molar-refractivity contribution in [2.75, 3.05) is 0 Å². The highest BCUT2D eigenvalue weighted by Crippen LogP contribution is 2.56. The molecule has 2 heteroatoms. The minimum Gasteiger partial charge on any atom is -0.300 e. The summed E-state index contributed by atoms with van der Waals surface area (Å²) >= 11 is 0. The van der Waals surface area contributed by atoms with E-state index in [2.05, 4.69) is 19.9 Å². The molecule has 2 fully saturated rings. The minimum absolute atomic E-state index is 0.171. The Labute approximate surface area is 91.7 Å². The van der Waals surface area contributed by atoms with E-state index >= 15 is 0 Å². The number of rotatable bonds is 0. The molecule has 2 aliphatic carbocycles. The lowest BCUT2D eigenvalue weighted by Gasteiger charge is -2.51. The Morgan fingerprint density at radius 2 is 2.07 bits per heavy atom. The number of Topliss-reactive ketones (excluding diaryl/α,β-unsaturated/α-hetero) is 1. The first-order valence-corrected chi connectivity index (χ1v) is 5.93. The summed E-state index contributed by atoms with van der Waals surface area (Å²) in [6.45, 7) is 4.45. The normalized spacial score (nSPS) is 39.3. The van der Waals surface area contributed by atoms with Crippen molar-refractivity contribution in [1.82, 2.24) is 0 Å². The van der Waals surface area contributed by atoms with Crippen molar-refractivity contribution in [2.45, 2.75) is 52.4 Å². The van der Waals surface area contributed by atoms with Gasteiger partial charge in [-0.2, -0.15) is 5.26 Å². The predicted octanol–water partition coefficient (Wildman–Crippen LogP) is 3.08. The van der Waals surface area contributed by atoms with E-state index in [0.29, 0.717) is 24.5 Å². The van der Waals surface area contributed by atoms with Gasteiger partial charge >= 0.3 is 0 Å². The fourth-order valence-corrected chi connectivity index (χ4v) is 3.61. The molecule has 0 radical (unpaired) electrons. The minimum atomic E-state index is -0.185. The highest BCUT2D eigenvalue weighted by Gasteiger charge is 2.52. The summed E-state index contributed by atoms with van der Waals surface area (Å²) in [6.07, 6.45) is 5.38. The molecule has 0 unspecified atom stereocenters. The highest BCUT2D eigenvalue weighted by molar-refractivity contribution is 5.80. The van der Waals surface area contributed by atoms with E-state index in [1.807, 2.05) is 0 Å². The van der Waals surface area contributed by atoms with Crippen LogP contribution in [0.4, 0.5) is 0 Å². The van der Waals surface area contributed by atoms with Gasteiger partial charge in [0.05, 0.1) is 11.5 Å². The second-order valence-corrected chi connectivity index (χ2v) is 5.91. The third-order valence-corrected chi connectivity index (χ3v) is 4.56. The van der Waals surface area contributed by atoms with E-state index in [1.165, 1.54) is 0 Å². The maximum absolute atomic E-state index is 11.6. The Balaban J connectivity index is 2.35. The Morgan fingerprint density at radius 3 is 2.73 bits per heavy atom. The number of fused-ring (bicyclic) bond motifs is 1. The zero-order valence-corrected chi connectivity index (χ0v) is 9.68. The van der Waals surface area contributed by atoms with Crippen LogP contribution in [0.1, 0.15) is 52.4 Å². The van der Waals surface area contributed by atoms with Crippen LogP contribution in [0, 0.1) is 28.1 Å². The van der Waals surface area contributed by atoms with Crippen molar-refractivity contribution in [2.24, 2.45) is 16.7 Å². The number of nitriles is 1. The Kier molecular flexibility index (Phi) is 2.37. The number of carbonyl (C=O) groups is 1. The zero-order chi connectivity index (χ0) is 11.1. The van der Waals surface area contributed by atoms with Crippen molar-refractivity contribution in [3.63, 3.8) is 0 Å². The summed E-state index contributed by atoms with van der Waals surface area (Å²) in [5.74, 6) is 0.658. The summed E-state index contributed by atoms with van der Waals surface area (Å²) in [7, 11) is 0. The molecule has 0 bridgehead atoms. The van der Waals surface area contributed by atoms with Crippen LogP contribution in [-0.4, -0.2) is 5.78 Å². The number of hydrogen-bond donors (Lipinski definition) is 0. The Hall–Kier alpha value is -0.840. The number of hydrogen-bond acceptors (Lipinski definition) is 2. The average Bonchev–Trinajstić information content (AvgIpc) is 2.19. The van der Waals surface area contributed by atoms with Gasteiger partial charge in [0.2, 0.25) is 0 Å². The maximum atomic E-state index is 11.6. The summed E-state index contributed by atoms with van der Waals surface area (Å²) in [4.78, 5) is 11.6. The smallest absolute Gasteiger partial charge is 0.133 e. The molecule has 0 aromatic carbocycles. The molecule has 0 aliphatic heterocycles. The van der Waals surface area contributed by atoms with E-state index in [4.69, 9.17) is 0 Å². The molecule has 2 nitrogen and oxygen atoms in total. The van der Waals surface area contributed by atoms with Crippen LogP contribution >= 0.6 is 0 Å². The van der Waals surface area contributed by atoms with Gasteiger partial charge in [-0.25, -0.2) is 0 Å². The Bertz CT molecular complexity index is 326. The molecular weight excluding hydrogens is 186 g/mol. The summed E-state index contributed by atoms with van der Waals surface area (Å²) < 4.78 is 0. The molecule has 0 N–H and O–H groups in total. The maximum Gasteiger partial charge on any atom is 0.133 e. The topological polar surface area (TPSA) is 40.9 Å². The first-order chi connectivity index (χ1) is 7.00. The quantitative estimate of drug-likeness (QED) is 0.609. The number of nitrogens with zero attached hydrogens (tertiary/aromatic N) is 1. The largest absolute Gasteiger partial charge is 0.300 e. The van der Waals surface area contributed by atoms with Gasteiger partial charge < -0.3 is 0 Å². The van der Waals surface area contributed by atoms with E-state index in [-0.39, 0.29) is 10.8 Å². The molecule has 0 heterocycles. The molecule has 0 spiro atoms. The average molecular weight is 205 g/mol. The molecule has 82 valence electrons. The second-order valence-electron chi connectivity index (χ2n) is 5.91. The number of carbonyl (C=O) groups excluding carboxylic acids is 1. The molecule has 2 aliphatic rings. The molecule has 0 aromatic heterocycles. The van der Waals surface area contributed by atoms with Crippen molar-refractivity contribution in [3.8, 4) is 6.07 Å². The predicted molar refractivity (Wildman–Crippen MR) is 58.0 cm³/mol. The van der Waals surface area contributed by atoms with Crippen LogP contribution in [0.15, 0.2) is 0 Å². The fraction of sp³-hybridized carbons (Fsp3) is 0.846. The van der Waals surface area contributed by atoms with Crippen molar-refractivity contribution < 1.29 is 4.79 Å². The van der Waals surface area contributed by atoms with Gasteiger partial charge in [-0.1, -0.05) is 20.3 Å². The van der Waals surface area contributed by atoms with E-state index < -0.39 is 0 Å². The summed E-state index contributed by atoms with van der Waals surface area (Å²) in [5.41, 5.74) is -0.0142. The standard InChI is InChI=1S/C13H19NO/c1-12(2)5-3-6-13(9-14)7-4-10(15)8-11(12)13/h11H,3-8H2,1-2H3/t11-,13+/m0/s1. The van der Waals surface area contributed by atoms with E-state index in [9.17, 15) is 10.1 Å². The van der Waals surface area contributed by atoms with Gasteiger partial charge in [-0.3, -0.25) is 4.79 Å². The van der Waals surface area contributed by atoms with Crippen LogP contribution in [0.3, 0.4) is 0 Å². The highest BCUT2D eigenvalue weighted by atomic mass is 16.1. The molecule has 0 amide bonds. The van der Waals surface area contributed by atoms with Crippen molar-refractivity contribution in [3.05, 3.63) is 0 Å². The first kappa shape index (κ1) is 10.7. The molecular formula is C13H19NO. The van der Waals surface area contributed by atoms with Crippen LogP contribution in [-0.2, 0) is 4.79 Å². The molecule has 0 saturated heterocycles. The van der Waals surface area contributed by atoms with E-state index in [1.54, 1.807) is 0 Å². The molecule has 2 atom stereocenters.